The Morgan fingerprint density at radius 3 is 2.69 bits per heavy atom. The topological polar surface area (TPSA) is 35.5 Å². The Balaban J connectivity index is 2.91. The molecule has 0 aliphatic carbocycles. The van der Waals surface area contributed by atoms with Crippen molar-refractivity contribution >= 4 is 19.6 Å². The third-order valence-electron chi connectivity index (χ3n) is 2.25. The summed E-state index contributed by atoms with van der Waals surface area (Å²) in [6.45, 7) is 2.69. The molecule has 0 aliphatic heterocycles. The van der Waals surface area contributed by atoms with E-state index in [1.165, 1.54) is 0 Å². The van der Waals surface area contributed by atoms with Gasteiger partial charge in [-0.3, -0.25) is 4.79 Å². The highest BCUT2D eigenvalue weighted by Crippen LogP contribution is 2.26. The van der Waals surface area contributed by atoms with E-state index in [-0.39, 0.29) is 0 Å². The van der Waals surface area contributed by atoms with Gasteiger partial charge in [-0.1, -0.05) is 18.8 Å². The first-order valence-electron chi connectivity index (χ1n) is 5.28. The molecule has 0 aromatic heterocycles. The van der Waals surface area contributed by atoms with Crippen molar-refractivity contribution in [2.45, 2.75) is 19.8 Å². The normalized spacial score (nSPS) is 9.88. The van der Waals surface area contributed by atoms with Crippen molar-refractivity contribution in [2.75, 3.05) is 13.7 Å². The summed E-state index contributed by atoms with van der Waals surface area (Å²) in [4.78, 5) is 10.7. The van der Waals surface area contributed by atoms with E-state index in [9.17, 15) is 4.79 Å². The molecular formula is C12H15BO3. The Bertz CT molecular complexity index is 364. The zero-order chi connectivity index (χ0) is 12.0. The van der Waals surface area contributed by atoms with E-state index in [0.29, 0.717) is 35.4 Å². The van der Waals surface area contributed by atoms with Gasteiger partial charge in [0.2, 0.25) is 0 Å². The van der Waals surface area contributed by atoms with Crippen molar-refractivity contribution < 1.29 is 14.3 Å². The van der Waals surface area contributed by atoms with Gasteiger partial charge in [-0.05, 0) is 18.6 Å². The lowest BCUT2D eigenvalue weighted by atomic mass is 9.90. The molecule has 0 amide bonds. The largest absolute Gasteiger partial charge is 0.493 e. The predicted octanol–water partition coefficient (Wildman–Crippen LogP) is 1.48. The number of rotatable bonds is 6. The molecule has 0 aliphatic rings. The minimum atomic E-state index is 0.398. The fraction of sp³-hybridized carbons (Fsp3) is 0.417. The highest BCUT2D eigenvalue weighted by atomic mass is 16.5. The molecule has 3 nitrogen and oxygen atoms in total. The first-order chi connectivity index (χ1) is 7.72. The Morgan fingerprint density at radius 2 is 2.12 bits per heavy atom. The van der Waals surface area contributed by atoms with Gasteiger partial charge < -0.3 is 9.47 Å². The van der Waals surface area contributed by atoms with Gasteiger partial charge in [-0.25, -0.2) is 0 Å². The predicted molar refractivity (Wildman–Crippen MR) is 64.2 cm³/mol. The Kier molecular flexibility index (Phi) is 4.90. The molecule has 0 bridgehead atoms. The van der Waals surface area contributed by atoms with Crippen molar-refractivity contribution in [1.82, 2.24) is 0 Å². The third-order valence-corrected chi connectivity index (χ3v) is 2.25. The quantitative estimate of drug-likeness (QED) is 0.412. The molecule has 0 atom stereocenters. The van der Waals surface area contributed by atoms with E-state index in [1.54, 1.807) is 19.2 Å². The molecule has 84 valence electrons. The van der Waals surface area contributed by atoms with Crippen LogP contribution in [-0.4, -0.2) is 27.8 Å². The summed E-state index contributed by atoms with van der Waals surface area (Å²) < 4.78 is 10.7. The number of ether oxygens (including phenoxy) is 2. The molecule has 2 radical (unpaired) electrons. The minimum absolute atomic E-state index is 0.398. The van der Waals surface area contributed by atoms with E-state index in [4.69, 9.17) is 17.3 Å². The maximum Gasteiger partial charge on any atom is 0.161 e. The van der Waals surface area contributed by atoms with Gasteiger partial charge in [0.25, 0.3) is 0 Å². The lowest BCUT2D eigenvalue weighted by Gasteiger charge is -2.12. The highest BCUT2D eigenvalue weighted by Gasteiger charge is 2.08. The van der Waals surface area contributed by atoms with Crippen LogP contribution in [0.15, 0.2) is 12.1 Å². The molecule has 0 spiro atoms. The summed E-state index contributed by atoms with van der Waals surface area (Å²) in [5.74, 6) is 1.12. The van der Waals surface area contributed by atoms with Crippen LogP contribution in [0.25, 0.3) is 0 Å². The number of methoxy groups -OCH3 is 1. The van der Waals surface area contributed by atoms with Gasteiger partial charge in [0.05, 0.1) is 13.7 Å². The molecule has 0 fully saturated rings. The third kappa shape index (κ3) is 3.02. The van der Waals surface area contributed by atoms with Crippen LogP contribution in [0, 0.1) is 0 Å². The van der Waals surface area contributed by atoms with Gasteiger partial charge in [0.15, 0.2) is 11.5 Å². The van der Waals surface area contributed by atoms with Crippen LogP contribution in [0.2, 0.25) is 0 Å². The highest BCUT2D eigenvalue weighted by molar-refractivity contribution is 6.35. The summed E-state index contributed by atoms with van der Waals surface area (Å²) in [7, 11) is 7.21. The van der Waals surface area contributed by atoms with E-state index < -0.39 is 0 Å². The van der Waals surface area contributed by atoms with Crippen LogP contribution in [-0.2, 0) is 0 Å². The first kappa shape index (κ1) is 12.6. The summed E-state index contributed by atoms with van der Waals surface area (Å²) in [5.41, 5.74) is 0.821. The average Bonchev–Trinajstić information content (AvgIpc) is 2.30. The lowest BCUT2D eigenvalue weighted by molar-refractivity contribution is 0.112. The fourth-order valence-electron chi connectivity index (χ4n) is 1.29. The van der Waals surface area contributed by atoms with Crippen molar-refractivity contribution in [3.63, 3.8) is 0 Å². The van der Waals surface area contributed by atoms with E-state index in [2.05, 4.69) is 6.92 Å². The molecule has 1 aromatic rings. The Labute approximate surface area is 97.2 Å². The van der Waals surface area contributed by atoms with Crippen LogP contribution in [0.3, 0.4) is 0 Å². The second-order valence-electron chi connectivity index (χ2n) is 3.45. The maximum atomic E-state index is 10.7. The van der Waals surface area contributed by atoms with Crippen LogP contribution >= 0.6 is 0 Å². The van der Waals surface area contributed by atoms with Crippen LogP contribution < -0.4 is 14.9 Å². The second kappa shape index (κ2) is 6.21. The maximum absolute atomic E-state index is 10.7. The number of unbranched alkanes of at least 4 members (excludes halogenated alkanes) is 1. The summed E-state index contributed by atoms with van der Waals surface area (Å²) in [5, 5.41) is 0. The van der Waals surface area contributed by atoms with Crippen molar-refractivity contribution in [3.8, 4) is 11.5 Å². The smallest absolute Gasteiger partial charge is 0.161 e. The molecule has 16 heavy (non-hydrogen) atoms. The minimum Gasteiger partial charge on any atom is -0.493 e. The van der Waals surface area contributed by atoms with Crippen LogP contribution in [0.4, 0.5) is 0 Å². The first-order valence-corrected chi connectivity index (χ1v) is 5.28. The number of hydrogen-bond acceptors (Lipinski definition) is 3. The summed E-state index contributed by atoms with van der Waals surface area (Å²) in [6, 6.07) is 3.21. The van der Waals surface area contributed by atoms with Gasteiger partial charge >= 0.3 is 0 Å². The molecule has 0 saturated carbocycles. The van der Waals surface area contributed by atoms with Gasteiger partial charge in [0, 0.05) is 5.56 Å². The van der Waals surface area contributed by atoms with Crippen LogP contribution in [0.5, 0.6) is 11.5 Å². The number of carbonyl (C=O) groups excluding carboxylic acids is 1. The van der Waals surface area contributed by atoms with Gasteiger partial charge in [-0.15, -0.1) is 0 Å². The average molecular weight is 218 g/mol. The van der Waals surface area contributed by atoms with Crippen molar-refractivity contribution in [3.05, 3.63) is 17.7 Å². The molecule has 4 heteroatoms. The SMILES string of the molecule is [B]c1cc(OC)c(OCCCC)cc1C=O. The fourth-order valence-corrected chi connectivity index (χ4v) is 1.29. The Morgan fingerprint density at radius 1 is 1.38 bits per heavy atom. The second-order valence-corrected chi connectivity index (χ2v) is 3.45. The monoisotopic (exact) mass is 218 g/mol. The van der Waals surface area contributed by atoms with Crippen molar-refractivity contribution in [1.29, 1.82) is 0 Å². The molecule has 0 saturated heterocycles. The molecule has 0 N–H and O–H groups in total. The molecule has 0 unspecified atom stereocenters. The Hall–Kier alpha value is -1.45. The molecule has 0 heterocycles. The van der Waals surface area contributed by atoms with Gasteiger partial charge in [0.1, 0.15) is 14.1 Å². The summed E-state index contributed by atoms with van der Waals surface area (Å²) in [6.07, 6.45) is 2.73. The van der Waals surface area contributed by atoms with Gasteiger partial charge in [-0.2, -0.15) is 0 Å². The molecular weight excluding hydrogens is 203 g/mol. The van der Waals surface area contributed by atoms with E-state index in [1.807, 2.05) is 0 Å². The number of aldehydes is 1. The zero-order valence-corrected chi connectivity index (χ0v) is 9.66. The summed E-state index contributed by atoms with van der Waals surface area (Å²) >= 11 is 0. The zero-order valence-electron chi connectivity index (χ0n) is 9.66. The molecule has 1 rings (SSSR count). The molecule has 1 aromatic carbocycles. The van der Waals surface area contributed by atoms with E-state index >= 15 is 0 Å². The standard InChI is InChI=1S/C12H15BO3/c1-3-4-5-16-12-6-9(8-14)10(13)7-11(12)15-2/h6-8H,3-5H2,1-2H3. The number of carbonyl (C=O) groups is 1. The van der Waals surface area contributed by atoms with Crippen molar-refractivity contribution in [2.24, 2.45) is 0 Å². The number of benzene rings is 1. The van der Waals surface area contributed by atoms with E-state index in [0.717, 1.165) is 12.8 Å². The lowest BCUT2D eigenvalue weighted by Crippen LogP contribution is -2.11. The number of hydrogen-bond donors (Lipinski definition) is 0. The van der Waals surface area contributed by atoms with Crippen LogP contribution in [0.1, 0.15) is 30.1 Å².